The number of hydrogen-bond acceptors (Lipinski definition) is 3. The molecule has 35 heavy (non-hydrogen) atoms. The Hall–Kier alpha value is -3.61. The van der Waals surface area contributed by atoms with Crippen LogP contribution in [-0.2, 0) is 16.0 Å². The fourth-order valence-corrected chi connectivity index (χ4v) is 5.46. The lowest BCUT2D eigenvalue weighted by molar-refractivity contribution is -0.133. The topological polar surface area (TPSA) is 94.3 Å². The molecule has 0 fully saturated rings. The molecule has 5 rings (SSSR count). The molecule has 0 aliphatic carbocycles. The molecule has 2 aromatic carbocycles. The third-order valence-corrected chi connectivity index (χ3v) is 7.38. The largest absolute Gasteiger partial charge is 0.356 e. The van der Waals surface area contributed by atoms with Gasteiger partial charge in [0.05, 0.1) is 6.04 Å². The Morgan fingerprint density at radius 3 is 2.51 bits per heavy atom. The average molecular weight is 473 g/mol. The van der Waals surface area contributed by atoms with Crippen molar-refractivity contribution < 1.29 is 14.4 Å². The minimum absolute atomic E-state index is 0.0338. The molecule has 7 nitrogen and oxygen atoms in total. The number of H-pyrrole nitrogens is 1. The van der Waals surface area contributed by atoms with Gasteiger partial charge in [-0.3, -0.25) is 14.4 Å². The number of para-hydroxylation sites is 1. The molecule has 3 amide bonds. The van der Waals surface area contributed by atoms with Crippen LogP contribution in [0.4, 0.5) is 0 Å². The van der Waals surface area contributed by atoms with E-state index < -0.39 is 12.1 Å². The molecule has 2 aliphatic rings. The maximum absolute atomic E-state index is 13.8. The summed E-state index contributed by atoms with van der Waals surface area (Å²) in [6.45, 7) is 7.76. The van der Waals surface area contributed by atoms with Gasteiger partial charge in [-0.25, -0.2) is 0 Å². The van der Waals surface area contributed by atoms with Crippen molar-refractivity contribution >= 4 is 28.6 Å². The number of fused-ring (bicyclic) bond motifs is 7. The number of nitrogens with one attached hydrogen (secondary N) is 3. The molecule has 0 unspecified atom stereocenters. The molecule has 7 heteroatoms. The van der Waals surface area contributed by atoms with Crippen molar-refractivity contribution in [2.45, 2.75) is 64.7 Å². The molecule has 0 spiro atoms. The highest BCUT2D eigenvalue weighted by atomic mass is 16.2. The Kier molecular flexibility index (Phi) is 5.87. The van der Waals surface area contributed by atoms with Gasteiger partial charge in [-0.15, -0.1) is 0 Å². The smallest absolute Gasteiger partial charge is 0.255 e. The van der Waals surface area contributed by atoms with Gasteiger partial charge >= 0.3 is 0 Å². The normalized spacial score (nSPS) is 20.3. The quantitative estimate of drug-likeness (QED) is 0.511. The lowest BCUT2D eigenvalue weighted by Gasteiger charge is -2.38. The second kappa shape index (κ2) is 8.87. The van der Waals surface area contributed by atoms with Crippen molar-refractivity contribution in [2.75, 3.05) is 0 Å². The summed E-state index contributed by atoms with van der Waals surface area (Å²) < 4.78 is 0. The summed E-state index contributed by atoms with van der Waals surface area (Å²) in [5.41, 5.74) is 4.53. The number of aromatic nitrogens is 1. The van der Waals surface area contributed by atoms with E-state index >= 15 is 0 Å². The van der Waals surface area contributed by atoms with Crippen molar-refractivity contribution in [3.63, 3.8) is 0 Å². The van der Waals surface area contributed by atoms with Crippen LogP contribution in [0.3, 0.4) is 0 Å². The van der Waals surface area contributed by atoms with Crippen LogP contribution >= 0.6 is 0 Å². The van der Waals surface area contributed by atoms with E-state index in [0.717, 1.165) is 34.1 Å². The predicted octanol–water partition coefficient (Wildman–Crippen LogP) is 3.69. The van der Waals surface area contributed by atoms with E-state index in [9.17, 15) is 14.4 Å². The zero-order valence-electron chi connectivity index (χ0n) is 20.6. The molecule has 1 aromatic heterocycles. The lowest BCUT2D eigenvalue weighted by Crippen LogP contribution is -2.58. The summed E-state index contributed by atoms with van der Waals surface area (Å²) >= 11 is 0. The Labute approximate surface area is 205 Å². The molecule has 3 heterocycles. The van der Waals surface area contributed by atoms with Crippen molar-refractivity contribution in [1.82, 2.24) is 20.5 Å². The van der Waals surface area contributed by atoms with E-state index in [1.807, 2.05) is 70.2 Å². The number of carbonyl (C=O) groups excluding carboxylic acids is 3. The van der Waals surface area contributed by atoms with Crippen LogP contribution in [0.15, 0.2) is 48.5 Å². The number of aromatic amines is 1. The minimum atomic E-state index is -0.718. The number of nitrogens with zero attached hydrogens (tertiary/aromatic N) is 1. The van der Waals surface area contributed by atoms with Crippen LogP contribution in [0, 0.1) is 5.92 Å². The summed E-state index contributed by atoms with van der Waals surface area (Å²) in [5, 5.41) is 7.01. The SMILES string of the molecule is CC[C@@H](C)[C@H](NC(=O)[C@@H]1Cc2c([nH]c3ccccc23)[C@@H]2c3ccccc3C(=O)N21)C(=O)NC(C)C. The van der Waals surface area contributed by atoms with Gasteiger partial charge in [-0.05, 0) is 43.0 Å². The Morgan fingerprint density at radius 1 is 1.06 bits per heavy atom. The number of amides is 3. The molecule has 0 radical (unpaired) electrons. The van der Waals surface area contributed by atoms with E-state index in [0.29, 0.717) is 12.0 Å². The molecular formula is C28H32N4O3. The van der Waals surface area contributed by atoms with Crippen LogP contribution in [0.5, 0.6) is 0 Å². The van der Waals surface area contributed by atoms with E-state index in [1.165, 1.54) is 0 Å². The van der Waals surface area contributed by atoms with Crippen molar-refractivity contribution in [1.29, 1.82) is 0 Å². The van der Waals surface area contributed by atoms with Crippen LogP contribution < -0.4 is 10.6 Å². The maximum atomic E-state index is 13.8. The number of carbonyl (C=O) groups is 3. The Balaban J connectivity index is 1.56. The van der Waals surface area contributed by atoms with E-state index in [-0.39, 0.29) is 35.7 Å². The van der Waals surface area contributed by atoms with Gasteiger partial charge in [0.1, 0.15) is 12.1 Å². The van der Waals surface area contributed by atoms with Crippen molar-refractivity contribution in [3.05, 3.63) is 70.9 Å². The Morgan fingerprint density at radius 2 is 1.77 bits per heavy atom. The second-order valence-corrected chi connectivity index (χ2v) is 10.0. The molecule has 182 valence electrons. The summed E-state index contributed by atoms with van der Waals surface area (Å²) in [4.78, 5) is 45.6. The van der Waals surface area contributed by atoms with Gasteiger partial charge in [0.25, 0.3) is 5.91 Å². The first-order valence-electron chi connectivity index (χ1n) is 12.4. The first-order chi connectivity index (χ1) is 16.8. The maximum Gasteiger partial charge on any atom is 0.255 e. The molecule has 0 saturated heterocycles. The fraction of sp³-hybridized carbons (Fsp3) is 0.393. The lowest BCUT2D eigenvalue weighted by atomic mass is 9.89. The van der Waals surface area contributed by atoms with E-state index in [1.54, 1.807) is 4.90 Å². The zero-order valence-corrected chi connectivity index (χ0v) is 20.6. The highest BCUT2D eigenvalue weighted by Crippen LogP contribution is 2.46. The third-order valence-electron chi connectivity index (χ3n) is 7.38. The zero-order chi connectivity index (χ0) is 24.9. The first kappa shape index (κ1) is 23.1. The van der Waals surface area contributed by atoms with Crippen LogP contribution in [-0.4, -0.2) is 45.7 Å². The molecule has 3 aromatic rings. The Bertz CT molecular complexity index is 1310. The van der Waals surface area contributed by atoms with Gasteiger partial charge < -0.3 is 20.5 Å². The molecule has 4 atom stereocenters. The number of hydrogen-bond donors (Lipinski definition) is 3. The minimum Gasteiger partial charge on any atom is -0.356 e. The van der Waals surface area contributed by atoms with Gasteiger partial charge in [0, 0.05) is 34.6 Å². The second-order valence-electron chi connectivity index (χ2n) is 10.0. The van der Waals surface area contributed by atoms with Crippen molar-refractivity contribution in [3.8, 4) is 0 Å². The number of rotatable bonds is 6. The standard InChI is InChI=1S/C28H32N4O3/c1-5-16(4)23(27(34)29-15(2)3)31-26(33)22-14-20-17-10-8-9-13-21(17)30-24(20)25-18-11-6-7-12-19(18)28(35)32(22)25/h6-13,15-16,22-23,25,30H,5,14H2,1-4H3,(H,29,34)(H,31,33)/t16-,22+,23+,25+/m1/s1. The first-order valence-corrected chi connectivity index (χ1v) is 12.4. The number of benzene rings is 2. The van der Waals surface area contributed by atoms with E-state index in [2.05, 4.69) is 21.7 Å². The third kappa shape index (κ3) is 3.79. The summed E-state index contributed by atoms with van der Waals surface area (Å²) in [7, 11) is 0. The summed E-state index contributed by atoms with van der Waals surface area (Å²) in [6.07, 6.45) is 1.13. The van der Waals surface area contributed by atoms with E-state index in [4.69, 9.17) is 0 Å². The monoisotopic (exact) mass is 472 g/mol. The summed E-state index contributed by atoms with van der Waals surface area (Å²) in [6, 6.07) is 13.8. The average Bonchev–Trinajstić information content (AvgIpc) is 3.36. The van der Waals surface area contributed by atoms with Crippen LogP contribution in [0.25, 0.3) is 10.9 Å². The highest BCUT2D eigenvalue weighted by molar-refractivity contribution is 6.04. The summed E-state index contributed by atoms with van der Waals surface area (Å²) in [5.74, 6) is -0.691. The molecular weight excluding hydrogens is 440 g/mol. The molecule has 0 saturated carbocycles. The molecule has 3 N–H and O–H groups in total. The van der Waals surface area contributed by atoms with Gasteiger partial charge in [-0.1, -0.05) is 56.7 Å². The van der Waals surface area contributed by atoms with Crippen LogP contribution in [0.1, 0.15) is 67.3 Å². The fourth-order valence-electron chi connectivity index (χ4n) is 5.46. The van der Waals surface area contributed by atoms with Crippen molar-refractivity contribution in [2.24, 2.45) is 5.92 Å². The molecule has 2 aliphatic heterocycles. The van der Waals surface area contributed by atoms with Gasteiger partial charge in [-0.2, -0.15) is 0 Å². The van der Waals surface area contributed by atoms with Gasteiger partial charge in [0.15, 0.2) is 0 Å². The molecule has 0 bridgehead atoms. The predicted molar refractivity (Wildman–Crippen MR) is 135 cm³/mol. The highest BCUT2D eigenvalue weighted by Gasteiger charge is 2.49. The van der Waals surface area contributed by atoms with Crippen LogP contribution in [0.2, 0.25) is 0 Å². The van der Waals surface area contributed by atoms with Gasteiger partial charge in [0.2, 0.25) is 11.8 Å².